The van der Waals surface area contributed by atoms with Gasteiger partial charge in [-0.25, -0.2) is 4.79 Å². The summed E-state index contributed by atoms with van der Waals surface area (Å²) in [6.45, 7) is 2.71. The molecule has 0 radical (unpaired) electrons. The van der Waals surface area contributed by atoms with Gasteiger partial charge in [-0.1, -0.05) is 36.4 Å². The van der Waals surface area contributed by atoms with E-state index in [1.807, 2.05) is 47.6 Å². The van der Waals surface area contributed by atoms with Gasteiger partial charge in [-0.15, -0.1) is 0 Å². The predicted molar refractivity (Wildman–Crippen MR) is 116 cm³/mol. The summed E-state index contributed by atoms with van der Waals surface area (Å²) in [5.41, 5.74) is 4.47. The van der Waals surface area contributed by atoms with Crippen molar-refractivity contribution in [1.29, 1.82) is 0 Å². The molecular formula is C24H24N4O2. The molecule has 1 aliphatic heterocycles. The Balaban J connectivity index is 1.20. The molecule has 0 spiro atoms. The van der Waals surface area contributed by atoms with Gasteiger partial charge in [-0.3, -0.25) is 5.10 Å². The van der Waals surface area contributed by atoms with Gasteiger partial charge >= 0.3 is 6.09 Å². The largest absolute Gasteiger partial charge is 0.445 e. The highest BCUT2D eigenvalue weighted by atomic mass is 16.6. The first-order valence-corrected chi connectivity index (χ1v) is 10.3. The first-order chi connectivity index (χ1) is 14.8. The number of hydrogen-bond donors (Lipinski definition) is 1. The summed E-state index contributed by atoms with van der Waals surface area (Å²) in [7, 11) is 0. The number of nitrogens with zero attached hydrogens (tertiary/aromatic N) is 3. The summed E-state index contributed by atoms with van der Waals surface area (Å²) in [4.78, 5) is 14.2. The van der Waals surface area contributed by atoms with Crippen LogP contribution in [0, 0.1) is 5.92 Å². The second-order valence-electron chi connectivity index (χ2n) is 7.87. The number of amides is 1. The number of nitrogens with one attached hydrogen (secondary N) is 1. The number of carbonyl (C=O) groups is 1. The number of H-pyrrole nitrogens is 1. The molecule has 1 unspecified atom stereocenters. The van der Waals surface area contributed by atoms with E-state index >= 15 is 0 Å². The van der Waals surface area contributed by atoms with Gasteiger partial charge in [-0.05, 0) is 41.7 Å². The van der Waals surface area contributed by atoms with Gasteiger partial charge in [0, 0.05) is 48.5 Å². The number of likely N-dealkylation sites (tertiary alicyclic amines) is 1. The van der Waals surface area contributed by atoms with Crippen LogP contribution in [0.25, 0.3) is 22.0 Å². The number of hydrogen-bond acceptors (Lipinski definition) is 3. The quantitative estimate of drug-likeness (QED) is 0.529. The molecule has 1 aliphatic rings. The van der Waals surface area contributed by atoms with Crippen molar-refractivity contribution in [3.8, 4) is 11.1 Å². The lowest BCUT2D eigenvalue weighted by Crippen LogP contribution is -2.29. The van der Waals surface area contributed by atoms with E-state index in [1.165, 1.54) is 10.9 Å². The molecule has 0 aliphatic carbocycles. The van der Waals surface area contributed by atoms with E-state index in [-0.39, 0.29) is 6.09 Å². The highest BCUT2D eigenvalue weighted by molar-refractivity contribution is 5.85. The van der Waals surface area contributed by atoms with Crippen LogP contribution in [-0.2, 0) is 17.9 Å². The fraction of sp³-hybridized carbons (Fsp3) is 0.250. The average Bonchev–Trinajstić information content (AvgIpc) is 3.54. The number of benzene rings is 2. The lowest BCUT2D eigenvalue weighted by molar-refractivity contribution is 0.103. The minimum Gasteiger partial charge on any atom is -0.445 e. The van der Waals surface area contributed by atoms with Crippen LogP contribution in [-0.4, -0.2) is 38.8 Å². The van der Waals surface area contributed by atoms with Crippen LogP contribution in [0.5, 0.6) is 0 Å². The third-order valence-corrected chi connectivity index (χ3v) is 5.81. The SMILES string of the molecule is O=C(OCc1ccccc1)N1CCC(Cn2ccc3cc(-c4cn[nH]c4)ccc32)C1. The van der Waals surface area contributed by atoms with E-state index in [0.717, 1.165) is 42.7 Å². The molecule has 30 heavy (non-hydrogen) atoms. The summed E-state index contributed by atoms with van der Waals surface area (Å²) < 4.78 is 7.78. The zero-order chi connectivity index (χ0) is 20.3. The molecule has 1 saturated heterocycles. The summed E-state index contributed by atoms with van der Waals surface area (Å²) in [5.74, 6) is 0.429. The van der Waals surface area contributed by atoms with E-state index in [2.05, 4.69) is 45.2 Å². The monoisotopic (exact) mass is 400 g/mol. The van der Waals surface area contributed by atoms with Gasteiger partial charge in [0.1, 0.15) is 6.61 Å². The van der Waals surface area contributed by atoms with E-state index in [4.69, 9.17) is 4.74 Å². The fourth-order valence-corrected chi connectivity index (χ4v) is 4.18. The summed E-state index contributed by atoms with van der Waals surface area (Å²) in [6, 6.07) is 18.4. The molecule has 2 aromatic carbocycles. The van der Waals surface area contributed by atoms with Crippen molar-refractivity contribution in [2.45, 2.75) is 19.6 Å². The highest BCUT2D eigenvalue weighted by Crippen LogP contribution is 2.27. The second kappa shape index (κ2) is 8.06. The molecule has 1 N–H and O–H groups in total. The summed E-state index contributed by atoms with van der Waals surface area (Å²) >= 11 is 0. The lowest BCUT2D eigenvalue weighted by atomic mass is 10.1. The Morgan fingerprint density at radius 2 is 2.03 bits per heavy atom. The Morgan fingerprint density at radius 1 is 1.13 bits per heavy atom. The molecule has 4 aromatic rings. The third-order valence-electron chi connectivity index (χ3n) is 5.81. The van der Waals surface area contributed by atoms with E-state index < -0.39 is 0 Å². The average molecular weight is 400 g/mol. The van der Waals surface area contributed by atoms with Crippen LogP contribution in [0.1, 0.15) is 12.0 Å². The van der Waals surface area contributed by atoms with Crippen molar-refractivity contribution >= 4 is 17.0 Å². The summed E-state index contributed by atoms with van der Waals surface area (Å²) in [5, 5.41) is 8.11. The van der Waals surface area contributed by atoms with Crippen LogP contribution < -0.4 is 0 Å². The Labute approximate surface area is 175 Å². The Bertz CT molecular complexity index is 1130. The van der Waals surface area contributed by atoms with Crippen LogP contribution >= 0.6 is 0 Å². The normalized spacial score (nSPS) is 16.3. The van der Waals surface area contributed by atoms with Crippen molar-refractivity contribution in [3.05, 3.63) is 78.8 Å². The van der Waals surface area contributed by atoms with Crippen molar-refractivity contribution in [2.75, 3.05) is 13.1 Å². The number of fused-ring (bicyclic) bond motifs is 1. The van der Waals surface area contributed by atoms with E-state index in [9.17, 15) is 4.79 Å². The number of carbonyl (C=O) groups excluding carboxylic acids is 1. The second-order valence-corrected chi connectivity index (χ2v) is 7.87. The maximum absolute atomic E-state index is 12.4. The minimum atomic E-state index is -0.219. The maximum Gasteiger partial charge on any atom is 0.410 e. The van der Waals surface area contributed by atoms with Crippen molar-refractivity contribution in [1.82, 2.24) is 19.7 Å². The zero-order valence-corrected chi connectivity index (χ0v) is 16.7. The molecule has 3 heterocycles. The molecule has 1 fully saturated rings. The van der Waals surface area contributed by atoms with Crippen molar-refractivity contribution in [3.63, 3.8) is 0 Å². The lowest BCUT2D eigenvalue weighted by Gasteiger charge is -2.17. The number of aromatic nitrogens is 3. The van der Waals surface area contributed by atoms with Gasteiger partial charge in [0.25, 0.3) is 0 Å². The fourth-order valence-electron chi connectivity index (χ4n) is 4.18. The molecule has 1 atom stereocenters. The zero-order valence-electron chi connectivity index (χ0n) is 16.7. The van der Waals surface area contributed by atoms with Gasteiger partial charge in [0.05, 0.1) is 6.20 Å². The van der Waals surface area contributed by atoms with E-state index in [1.54, 1.807) is 0 Å². The van der Waals surface area contributed by atoms with Gasteiger partial charge in [0.2, 0.25) is 0 Å². The van der Waals surface area contributed by atoms with Crippen LogP contribution in [0.2, 0.25) is 0 Å². The molecule has 0 saturated carbocycles. The summed E-state index contributed by atoms with van der Waals surface area (Å²) in [6.07, 6.45) is 6.65. The van der Waals surface area contributed by atoms with Gasteiger partial charge in [-0.2, -0.15) is 5.10 Å². The van der Waals surface area contributed by atoms with E-state index in [0.29, 0.717) is 12.5 Å². The molecule has 0 bridgehead atoms. The Hall–Kier alpha value is -3.54. The van der Waals surface area contributed by atoms with Gasteiger partial charge in [0.15, 0.2) is 0 Å². The third kappa shape index (κ3) is 3.81. The maximum atomic E-state index is 12.4. The molecular weight excluding hydrogens is 376 g/mol. The molecule has 6 heteroatoms. The standard InChI is InChI=1S/C24H24N4O2/c29-24(30-17-18-4-2-1-3-5-18)28-10-8-19(16-28)15-27-11-9-21-12-20(6-7-23(21)27)22-13-25-26-14-22/h1-7,9,11-14,19H,8,10,15-17H2,(H,25,26). The number of aromatic amines is 1. The Morgan fingerprint density at radius 3 is 2.87 bits per heavy atom. The smallest absolute Gasteiger partial charge is 0.410 e. The highest BCUT2D eigenvalue weighted by Gasteiger charge is 2.27. The first-order valence-electron chi connectivity index (χ1n) is 10.3. The minimum absolute atomic E-state index is 0.219. The van der Waals surface area contributed by atoms with Crippen molar-refractivity contribution < 1.29 is 9.53 Å². The van der Waals surface area contributed by atoms with Crippen LogP contribution in [0.3, 0.4) is 0 Å². The first kappa shape index (κ1) is 18.5. The van der Waals surface area contributed by atoms with Crippen LogP contribution in [0.4, 0.5) is 4.79 Å². The predicted octanol–water partition coefficient (Wildman–Crippen LogP) is 4.69. The Kier molecular flexibility index (Phi) is 4.97. The molecule has 5 rings (SSSR count). The number of ether oxygens (including phenoxy) is 1. The topological polar surface area (TPSA) is 63.1 Å². The van der Waals surface area contributed by atoms with Gasteiger partial charge < -0.3 is 14.2 Å². The molecule has 2 aromatic heterocycles. The van der Waals surface area contributed by atoms with Crippen LogP contribution in [0.15, 0.2) is 73.2 Å². The molecule has 6 nitrogen and oxygen atoms in total. The molecule has 1 amide bonds. The molecule has 152 valence electrons. The van der Waals surface area contributed by atoms with Crippen molar-refractivity contribution in [2.24, 2.45) is 5.92 Å². The number of rotatable bonds is 5.